The summed E-state index contributed by atoms with van der Waals surface area (Å²) in [6.07, 6.45) is 0.780. The van der Waals surface area contributed by atoms with Crippen LogP contribution in [0.15, 0.2) is 48.5 Å². The molecule has 8 nitrogen and oxygen atoms in total. The van der Waals surface area contributed by atoms with Crippen molar-refractivity contribution in [3.05, 3.63) is 70.4 Å². The number of aliphatic carboxylic acids is 1. The van der Waals surface area contributed by atoms with E-state index >= 15 is 0 Å². The number of halogens is 1. The maximum absolute atomic E-state index is 12.7. The van der Waals surface area contributed by atoms with Gasteiger partial charge in [0, 0.05) is 23.2 Å². The highest BCUT2D eigenvalue weighted by Crippen LogP contribution is 2.35. The highest BCUT2D eigenvalue weighted by molar-refractivity contribution is 6.31. The number of aryl methyl sites for hydroxylation is 1. The molecular weight excluding hydrogens is 482 g/mol. The van der Waals surface area contributed by atoms with Gasteiger partial charge in [0.15, 0.2) is 6.10 Å². The average molecular weight is 512 g/mol. The number of benzene rings is 2. The molecule has 1 aliphatic carbocycles. The molecule has 36 heavy (non-hydrogen) atoms. The lowest BCUT2D eigenvalue weighted by molar-refractivity contribution is -0.152. The third kappa shape index (κ3) is 6.25. The van der Waals surface area contributed by atoms with Crippen LogP contribution < -0.4 is 5.32 Å². The maximum atomic E-state index is 12.7. The molecule has 0 radical (unpaired) electrons. The Labute approximate surface area is 215 Å². The monoisotopic (exact) mass is 511 g/mol. The first-order valence-corrected chi connectivity index (χ1v) is 12.3. The van der Waals surface area contributed by atoms with Gasteiger partial charge >= 0.3 is 12.1 Å². The van der Waals surface area contributed by atoms with Crippen molar-refractivity contribution in [3.63, 3.8) is 0 Å². The van der Waals surface area contributed by atoms with E-state index in [0.717, 1.165) is 35.2 Å². The van der Waals surface area contributed by atoms with Gasteiger partial charge in [-0.25, -0.2) is 9.59 Å². The van der Waals surface area contributed by atoms with Crippen LogP contribution in [0.2, 0.25) is 5.02 Å². The summed E-state index contributed by atoms with van der Waals surface area (Å²) in [6.45, 7) is 3.83. The molecule has 9 heteroatoms. The van der Waals surface area contributed by atoms with Gasteiger partial charge in [-0.2, -0.15) is 5.10 Å². The summed E-state index contributed by atoms with van der Waals surface area (Å²) in [5.74, 6) is -0.458. The molecule has 0 saturated heterocycles. The number of hydrogen-bond donors (Lipinski definition) is 2. The fourth-order valence-electron chi connectivity index (χ4n) is 3.97. The normalized spacial score (nSPS) is 14.8. The summed E-state index contributed by atoms with van der Waals surface area (Å²) < 4.78 is 12.9. The van der Waals surface area contributed by atoms with Crippen molar-refractivity contribution in [2.75, 3.05) is 5.32 Å². The Morgan fingerprint density at radius 1 is 1.19 bits per heavy atom. The quantitative estimate of drug-likeness (QED) is 0.339. The molecule has 1 fully saturated rings. The zero-order valence-electron chi connectivity index (χ0n) is 20.5. The number of nitrogens with one attached hydrogen (secondary N) is 1. The maximum Gasteiger partial charge on any atom is 0.412 e. The van der Waals surface area contributed by atoms with E-state index in [-0.39, 0.29) is 6.61 Å². The van der Waals surface area contributed by atoms with Crippen LogP contribution in [0.4, 0.5) is 10.5 Å². The van der Waals surface area contributed by atoms with E-state index in [1.807, 2.05) is 49.4 Å². The molecule has 1 saturated carbocycles. The second-order valence-corrected chi connectivity index (χ2v) is 9.55. The number of anilines is 1. The smallest absolute Gasteiger partial charge is 0.412 e. The van der Waals surface area contributed by atoms with Crippen LogP contribution in [-0.2, 0) is 27.9 Å². The van der Waals surface area contributed by atoms with Crippen molar-refractivity contribution in [2.24, 2.45) is 13.0 Å². The van der Waals surface area contributed by atoms with Gasteiger partial charge in [0.05, 0.1) is 18.0 Å². The second-order valence-electron chi connectivity index (χ2n) is 9.14. The van der Waals surface area contributed by atoms with Crippen molar-refractivity contribution in [1.29, 1.82) is 0 Å². The summed E-state index contributed by atoms with van der Waals surface area (Å²) in [5, 5.41) is 17.3. The van der Waals surface area contributed by atoms with Crippen molar-refractivity contribution in [3.8, 4) is 11.3 Å². The molecule has 1 aromatic heterocycles. The number of carbonyl (C=O) groups is 2. The molecule has 4 rings (SSSR count). The molecule has 0 bridgehead atoms. The minimum absolute atomic E-state index is 0.211. The number of rotatable bonds is 10. The number of aromatic nitrogens is 2. The molecule has 3 aromatic rings. The van der Waals surface area contributed by atoms with Crippen LogP contribution in [-0.4, -0.2) is 33.1 Å². The molecule has 0 aliphatic heterocycles. The minimum Gasteiger partial charge on any atom is -0.479 e. The number of carboxylic acids is 1. The van der Waals surface area contributed by atoms with Crippen LogP contribution in [0, 0.1) is 12.8 Å². The van der Waals surface area contributed by atoms with Crippen molar-refractivity contribution < 1.29 is 24.2 Å². The van der Waals surface area contributed by atoms with Crippen LogP contribution in [0.1, 0.15) is 49.1 Å². The summed E-state index contributed by atoms with van der Waals surface area (Å²) in [6, 6.07) is 14.7. The highest BCUT2D eigenvalue weighted by Gasteiger charge is 2.29. The van der Waals surface area contributed by atoms with E-state index in [0.29, 0.717) is 28.7 Å². The van der Waals surface area contributed by atoms with Crippen LogP contribution in [0.25, 0.3) is 11.3 Å². The van der Waals surface area contributed by atoms with Gasteiger partial charge in [-0.3, -0.25) is 10.00 Å². The van der Waals surface area contributed by atoms with Gasteiger partial charge in [0.2, 0.25) is 0 Å². The first kappa shape index (κ1) is 25.7. The summed E-state index contributed by atoms with van der Waals surface area (Å²) in [4.78, 5) is 24.2. The van der Waals surface area contributed by atoms with E-state index in [2.05, 4.69) is 10.4 Å². The van der Waals surface area contributed by atoms with Gasteiger partial charge in [0.1, 0.15) is 11.8 Å². The van der Waals surface area contributed by atoms with E-state index in [1.165, 1.54) is 0 Å². The van der Waals surface area contributed by atoms with E-state index < -0.39 is 24.3 Å². The number of nitrogens with zero attached hydrogens (tertiary/aromatic N) is 2. The standard InChI is InChI=1S/C27H30ClN3O5/c1-16-24(29-27(34)36-17(2)21-6-4-5-7-22(21)28)25(30-31(16)3)20-12-10-19(11-13-20)15-35-23(26(32)33)14-18-8-9-18/h4-7,10-13,17-18,23H,8-9,14-15H2,1-3H3,(H,29,34)(H,32,33). The Kier molecular flexibility index (Phi) is 7.96. The molecule has 190 valence electrons. The number of carboxylic acid groups (broad SMARTS) is 1. The Morgan fingerprint density at radius 2 is 1.89 bits per heavy atom. The largest absolute Gasteiger partial charge is 0.479 e. The third-order valence-corrected chi connectivity index (χ3v) is 6.73. The first-order valence-electron chi connectivity index (χ1n) is 11.9. The lowest BCUT2D eigenvalue weighted by Gasteiger charge is -2.16. The van der Waals surface area contributed by atoms with E-state index in [4.69, 9.17) is 21.1 Å². The molecule has 1 aliphatic rings. The fourth-order valence-corrected chi connectivity index (χ4v) is 4.26. The number of carbonyl (C=O) groups excluding carboxylic acids is 1. The SMILES string of the molecule is Cc1c(NC(=O)OC(C)c2ccccc2Cl)c(-c2ccc(COC(CC3CC3)C(=O)O)cc2)nn1C. The predicted octanol–water partition coefficient (Wildman–Crippen LogP) is 6.13. The average Bonchev–Trinajstić information content (AvgIpc) is 3.63. The zero-order valence-corrected chi connectivity index (χ0v) is 21.3. The van der Waals surface area contributed by atoms with Crippen LogP contribution in [0.5, 0.6) is 0 Å². The summed E-state index contributed by atoms with van der Waals surface area (Å²) in [5.41, 5.74) is 4.29. The second kappa shape index (κ2) is 11.1. The summed E-state index contributed by atoms with van der Waals surface area (Å²) in [7, 11) is 1.80. The van der Waals surface area contributed by atoms with Crippen LogP contribution >= 0.6 is 11.6 Å². The van der Waals surface area contributed by atoms with Gasteiger partial charge in [0.25, 0.3) is 0 Å². The van der Waals surface area contributed by atoms with Crippen molar-refractivity contribution in [2.45, 2.75) is 51.9 Å². The molecule has 2 aromatic carbocycles. The molecular formula is C27H30ClN3O5. The number of amides is 1. The van der Waals surface area contributed by atoms with Crippen molar-refractivity contribution >= 4 is 29.4 Å². The third-order valence-electron chi connectivity index (χ3n) is 6.39. The zero-order chi connectivity index (χ0) is 25.8. The van der Waals surface area contributed by atoms with E-state index in [9.17, 15) is 14.7 Å². The topological polar surface area (TPSA) is 103 Å². The van der Waals surface area contributed by atoms with Gasteiger partial charge in [-0.05, 0) is 37.8 Å². The fraction of sp³-hybridized carbons (Fsp3) is 0.370. The molecule has 2 N–H and O–H groups in total. The van der Waals surface area contributed by atoms with Crippen LogP contribution in [0.3, 0.4) is 0 Å². The molecule has 1 amide bonds. The predicted molar refractivity (Wildman–Crippen MR) is 137 cm³/mol. The molecule has 2 unspecified atom stereocenters. The number of hydrogen-bond acceptors (Lipinski definition) is 5. The Hall–Kier alpha value is -3.36. The minimum atomic E-state index is -0.922. The lowest BCUT2D eigenvalue weighted by Crippen LogP contribution is -2.24. The molecule has 1 heterocycles. The highest BCUT2D eigenvalue weighted by atomic mass is 35.5. The Morgan fingerprint density at radius 3 is 2.53 bits per heavy atom. The van der Waals surface area contributed by atoms with Gasteiger partial charge < -0.3 is 14.6 Å². The summed E-state index contributed by atoms with van der Waals surface area (Å²) >= 11 is 6.23. The van der Waals surface area contributed by atoms with Crippen molar-refractivity contribution in [1.82, 2.24) is 9.78 Å². The molecule has 0 spiro atoms. The first-order chi connectivity index (χ1) is 17.2. The van der Waals surface area contributed by atoms with Gasteiger partial charge in [-0.15, -0.1) is 0 Å². The van der Waals surface area contributed by atoms with E-state index in [1.54, 1.807) is 24.7 Å². The number of ether oxygens (including phenoxy) is 2. The molecule has 2 atom stereocenters. The van der Waals surface area contributed by atoms with Gasteiger partial charge in [-0.1, -0.05) is 66.9 Å². The lowest BCUT2D eigenvalue weighted by atomic mass is 10.1. The Balaban J connectivity index is 1.43. The Bertz CT molecular complexity index is 1240.